The third kappa shape index (κ3) is 6.62. The second-order valence-corrected chi connectivity index (χ2v) is 5.73. The Bertz CT molecular complexity index is 252. The van der Waals surface area contributed by atoms with Gasteiger partial charge in [-0.2, -0.15) is 0 Å². The number of carbonyl (C=O) groups is 2. The molecule has 0 aliphatic heterocycles. The fourth-order valence-corrected chi connectivity index (χ4v) is 1.67. The van der Waals surface area contributed by atoms with Gasteiger partial charge in [0.1, 0.15) is 12.4 Å². The Kier molecular flexibility index (Phi) is 7.64. The smallest absolute Gasteiger partial charge is 0.407 e. The first kappa shape index (κ1) is 16.9. The fourth-order valence-electron chi connectivity index (χ4n) is 1.67. The summed E-state index contributed by atoms with van der Waals surface area (Å²) in [6.07, 6.45) is 3.91. The number of ether oxygens (including phenoxy) is 1. The summed E-state index contributed by atoms with van der Waals surface area (Å²) in [5, 5.41) is 2.62. The molecule has 0 bridgehead atoms. The Hall–Kier alpha value is -1.06. The maximum absolute atomic E-state index is 11.7. The largest absolute Gasteiger partial charge is 0.446 e. The molecule has 1 atom stereocenters. The van der Waals surface area contributed by atoms with Crippen molar-refractivity contribution in [3.8, 4) is 0 Å². The van der Waals surface area contributed by atoms with E-state index in [4.69, 9.17) is 4.74 Å². The zero-order valence-corrected chi connectivity index (χ0v) is 12.3. The number of amides is 1. The number of carbonyl (C=O) groups excluding carboxylic acids is 2. The molecule has 0 radical (unpaired) electrons. The Morgan fingerprint density at radius 2 is 1.72 bits per heavy atom. The number of rotatable bonds is 7. The maximum atomic E-state index is 11.7. The van der Waals surface area contributed by atoms with Crippen LogP contribution in [-0.2, 0) is 9.53 Å². The van der Waals surface area contributed by atoms with Gasteiger partial charge in [0, 0.05) is 0 Å². The molecule has 0 spiro atoms. The van der Waals surface area contributed by atoms with Crippen LogP contribution < -0.4 is 5.32 Å². The molecular formula is C14H27NO3. The molecule has 1 unspecified atom stereocenters. The lowest BCUT2D eigenvalue weighted by Crippen LogP contribution is -2.45. The molecule has 0 saturated heterocycles. The van der Waals surface area contributed by atoms with Crippen LogP contribution in [0.3, 0.4) is 0 Å². The van der Waals surface area contributed by atoms with E-state index in [-0.39, 0.29) is 11.5 Å². The third-order valence-electron chi connectivity index (χ3n) is 2.84. The molecule has 0 fully saturated rings. The molecule has 0 aromatic rings. The predicted molar refractivity (Wildman–Crippen MR) is 72.5 cm³/mol. The Morgan fingerprint density at radius 1 is 1.22 bits per heavy atom. The van der Waals surface area contributed by atoms with E-state index < -0.39 is 12.1 Å². The highest BCUT2D eigenvalue weighted by Gasteiger charge is 2.27. The van der Waals surface area contributed by atoms with Crippen molar-refractivity contribution in [2.45, 2.75) is 72.4 Å². The van der Waals surface area contributed by atoms with Crippen LogP contribution in [0.1, 0.15) is 60.3 Å². The zero-order valence-electron chi connectivity index (χ0n) is 12.3. The van der Waals surface area contributed by atoms with E-state index in [1.165, 1.54) is 0 Å². The van der Waals surface area contributed by atoms with Gasteiger partial charge in [0.05, 0.1) is 6.04 Å². The fraction of sp³-hybridized carbons (Fsp3) is 0.857. The standard InChI is InChI=1S/C14H27NO3/c1-6-8-11(9-7-2)18-13(17)15-12(10-16)14(3,4)5/h10-12H,6-9H2,1-5H3,(H,15,17). The van der Waals surface area contributed by atoms with Gasteiger partial charge in [0.2, 0.25) is 0 Å². The van der Waals surface area contributed by atoms with Crippen molar-refractivity contribution >= 4 is 12.4 Å². The molecule has 0 saturated carbocycles. The summed E-state index contributed by atoms with van der Waals surface area (Å²) >= 11 is 0. The van der Waals surface area contributed by atoms with E-state index in [0.29, 0.717) is 0 Å². The van der Waals surface area contributed by atoms with Crippen molar-refractivity contribution in [2.24, 2.45) is 5.41 Å². The van der Waals surface area contributed by atoms with Crippen molar-refractivity contribution in [1.82, 2.24) is 5.32 Å². The number of hydrogen-bond donors (Lipinski definition) is 1. The van der Waals surface area contributed by atoms with E-state index in [9.17, 15) is 9.59 Å². The quantitative estimate of drug-likeness (QED) is 0.712. The molecule has 0 heterocycles. The second-order valence-electron chi connectivity index (χ2n) is 5.73. The van der Waals surface area contributed by atoms with Gasteiger partial charge in [0.15, 0.2) is 0 Å². The Balaban J connectivity index is 4.33. The summed E-state index contributed by atoms with van der Waals surface area (Å²) < 4.78 is 5.35. The highest BCUT2D eigenvalue weighted by atomic mass is 16.6. The van der Waals surface area contributed by atoms with Crippen LogP contribution in [0.15, 0.2) is 0 Å². The molecule has 0 aromatic heterocycles. The molecule has 4 heteroatoms. The van der Waals surface area contributed by atoms with Crippen LogP contribution >= 0.6 is 0 Å². The number of alkyl carbamates (subject to hydrolysis) is 1. The van der Waals surface area contributed by atoms with Crippen LogP contribution in [0.25, 0.3) is 0 Å². The van der Waals surface area contributed by atoms with E-state index in [2.05, 4.69) is 19.2 Å². The lowest BCUT2D eigenvalue weighted by atomic mass is 9.88. The van der Waals surface area contributed by atoms with Crippen molar-refractivity contribution in [1.29, 1.82) is 0 Å². The lowest BCUT2D eigenvalue weighted by molar-refractivity contribution is -0.111. The average Bonchev–Trinajstić information content (AvgIpc) is 2.25. The van der Waals surface area contributed by atoms with Gasteiger partial charge < -0.3 is 14.8 Å². The molecule has 1 N–H and O–H groups in total. The van der Waals surface area contributed by atoms with Gasteiger partial charge in [-0.1, -0.05) is 47.5 Å². The zero-order chi connectivity index (χ0) is 14.2. The highest BCUT2D eigenvalue weighted by molar-refractivity contribution is 5.73. The minimum Gasteiger partial charge on any atom is -0.446 e. The monoisotopic (exact) mass is 257 g/mol. The molecule has 1 amide bonds. The van der Waals surface area contributed by atoms with Crippen molar-refractivity contribution in [3.63, 3.8) is 0 Å². The Morgan fingerprint density at radius 3 is 2.06 bits per heavy atom. The van der Waals surface area contributed by atoms with E-state index in [1.807, 2.05) is 20.8 Å². The first-order valence-corrected chi connectivity index (χ1v) is 6.77. The molecule has 0 rings (SSSR count). The minimum absolute atomic E-state index is 0.0488. The van der Waals surface area contributed by atoms with Crippen LogP contribution in [0.2, 0.25) is 0 Å². The van der Waals surface area contributed by atoms with Crippen LogP contribution in [-0.4, -0.2) is 24.5 Å². The lowest BCUT2D eigenvalue weighted by Gasteiger charge is -2.27. The SMILES string of the molecule is CCCC(CCC)OC(=O)NC(C=O)C(C)(C)C. The van der Waals surface area contributed by atoms with Crippen molar-refractivity contribution < 1.29 is 14.3 Å². The summed E-state index contributed by atoms with van der Waals surface area (Å²) in [7, 11) is 0. The second kappa shape index (κ2) is 8.11. The first-order valence-electron chi connectivity index (χ1n) is 6.77. The highest BCUT2D eigenvalue weighted by Crippen LogP contribution is 2.18. The molecular weight excluding hydrogens is 230 g/mol. The van der Waals surface area contributed by atoms with Gasteiger partial charge in [-0.3, -0.25) is 0 Å². The number of nitrogens with one attached hydrogen (secondary N) is 1. The maximum Gasteiger partial charge on any atom is 0.407 e. The van der Waals surface area contributed by atoms with E-state index >= 15 is 0 Å². The van der Waals surface area contributed by atoms with Gasteiger partial charge in [-0.25, -0.2) is 4.79 Å². The van der Waals surface area contributed by atoms with Crippen molar-refractivity contribution in [2.75, 3.05) is 0 Å². The Labute approximate surface area is 110 Å². The van der Waals surface area contributed by atoms with Gasteiger partial charge in [0.25, 0.3) is 0 Å². The van der Waals surface area contributed by atoms with Crippen molar-refractivity contribution in [3.05, 3.63) is 0 Å². The predicted octanol–water partition coefficient (Wildman–Crippen LogP) is 3.30. The summed E-state index contributed by atoms with van der Waals surface area (Å²) in [6, 6.07) is -0.520. The van der Waals surface area contributed by atoms with Gasteiger partial charge >= 0.3 is 6.09 Å². The van der Waals surface area contributed by atoms with Crippen LogP contribution in [0.5, 0.6) is 0 Å². The van der Waals surface area contributed by atoms with E-state index in [1.54, 1.807) is 0 Å². The first-order chi connectivity index (χ1) is 8.35. The summed E-state index contributed by atoms with van der Waals surface area (Å²) in [4.78, 5) is 22.7. The normalized spacial score (nSPS) is 13.2. The number of hydrogen-bond acceptors (Lipinski definition) is 3. The van der Waals surface area contributed by atoms with Crippen LogP contribution in [0, 0.1) is 5.41 Å². The van der Waals surface area contributed by atoms with Gasteiger partial charge in [-0.15, -0.1) is 0 Å². The molecule has 0 aliphatic carbocycles. The summed E-state index contributed by atoms with van der Waals surface area (Å²) in [5.41, 5.74) is -0.300. The van der Waals surface area contributed by atoms with Crippen LogP contribution in [0.4, 0.5) is 4.79 Å². The van der Waals surface area contributed by atoms with Gasteiger partial charge in [-0.05, 0) is 18.3 Å². The molecule has 106 valence electrons. The molecule has 18 heavy (non-hydrogen) atoms. The molecule has 0 aromatic carbocycles. The molecule has 0 aliphatic rings. The summed E-state index contributed by atoms with van der Waals surface area (Å²) in [5.74, 6) is 0. The third-order valence-corrected chi connectivity index (χ3v) is 2.84. The topological polar surface area (TPSA) is 55.4 Å². The summed E-state index contributed by atoms with van der Waals surface area (Å²) in [6.45, 7) is 9.84. The number of aldehydes is 1. The average molecular weight is 257 g/mol. The van der Waals surface area contributed by atoms with E-state index in [0.717, 1.165) is 32.0 Å². The molecule has 4 nitrogen and oxygen atoms in total. The minimum atomic E-state index is -0.520.